The third-order valence-electron chi connectivity index (χ3n) is 4.77. The van der Waals surface area contributed by atoms with Gasteiger partial charge in [-0.3, -0.25) is 0 Å². The first-order valence-corrected chi connectivity index (χ1v) is 10.8. The summed E-state index contributed by atoms with van der Waals surface area (Å²) < 4.78 is 0. The van der Waals surface area contributed by atoms with E-state index >= 15 is 0 Å². The molecule has 27 heavy (non-hydrogen) atoms. The first-order valence-electron chi connectivity index (χ1n) is 10.8. The van der Waals surface area contributed by atoms with E-state index < -0.39 is 11.9 Å². The standard InChI is InChI=1S/2C11H22O2.Mg/c2*1-3-6-10(7-4-2)8-5-9-11(12)13;/h2*10H,3-9H2,1-2H3,(H,12,13);/q;;+2/p-2. The van der Waals surface area contributed by atoms with Crippen LogP contribution in [0.25, 0.3) is 0 Å². The molecule has 0 amide bonds. The summed E-state index contributed by atoms with van der Waals surface area (Å²) in [6.07, 6.45) is 13.9. The Morgan fingerprint density at radius 2 is 0.852 bits per heavy atom. The van der Waals surface area contributed by atoms with Crippen molar-refractivity contribution in [2.75, 3.05) is 0 Å². The van der Waals surface area contributed by atoms with Crippen molar-refractivity contribution in [3.8, 4) is 0 Å². The molecule has 0 aliphatic heterocycles. The molecule has 0 aliphatic carbocycles. The molecule has 0 bridgehead atoms. The normalized spacial score (nSPS) is 10.3. The summed E-state index contributed by atoms with van der Waals surface area (Å²) in [4.78, 5) is 20.4. The number of carboxylic acids is 2. The van der Waals surface area contributed by atoms with Crippen molar-refractivity contribution in [2.24, 2.45) is 11.8 Å². The summed E-state index contributed by atoms with van der Waals surface area (Å²) in [5, 5.41) is 20.4. The zero-order valence-electron chi connectivity index (χ0n) is 18.4. The van der Waals surface area contributed by atoms with Crippen molar-refractivity contribution in [3.63, 3.8) is 0 Å². The topological polar surface area (TPSA) is 80.3 Å². The minimum Gasteiger partial charge on any atom is -0.550 e. The molecule has 0 saturated heterocycles. The largest absolute Gasteiger partial charge is 2.00 e. The molecule has 0 atom stereocenters. The fourth-order valence-electron chi connectivity index (χ4n) is 3.57. The van der Waals surface area contributed by atoms with E-state index in [9.17, 15) is 19.8 Å². The van der Waals surface area contributed by atoms with Gasteiger partial charge in [-0.1, -0.05) is 91.9 Å². The van der Waals surface area contributed by atoms with Gasteiger partial charge in [0.15, 0.2) is 0 Å². The van der Waals surface area contributed by atoms with Crippen molar-refractivity contribution in [1.82, 2.24) is 0 Å². The van der Waals surface area contributed by atoms with Crippen LogP contribution in [0.3, 0.4) is 0 Å². The summed E-state index contributed by atoms with van der Waals surface area (Å²) in [5.74, 6) is -0.359. The Morgan fingerprint density at radius 1 is 0.593 bits per heavy atom. The van der Waals surface area contributed by atoms with E-state index in [0.29, 0.717) is 0 Å². The second-order valence-corrected chi connectivity index (χ2v) is 7.42. The molecule has 0 N–H and O–H groups in total. The minimum atomic E-state index is -0.910. The van der Waals surface area contributed by atoms with E-state index in [0.717, 1.165) is 37.5 Å². The molecule has 0 spiro atoms. The molecular weight excluding hydrogens is 353 g/mol. The second-order valence-electron chi connectivity index (χ2n) is 7.42. The van der Waals surface area contributed by atoms with E-state index in [4.69, 9.17) is 0 Å². The van der Waals surface area contributed by atoms with Gasteiger partial charge in [0.1, 0.15) is 0 Å². The molecule has 0 fully saturated rings. The van der Waals surface area contributed by atoms with Crippen LogP contribution < -0.4 is 10.2 Å². The van der Waals surface area contributed by atoms with Gasteiger partial charge in [0.05, 0.1) is 0 Å². The van der Waals surface area contributed by atoms with Gasteiger partial charge in [0.2, 0.25) is 0 Å². The molecule has 0 heterocycles. The molecule has 4 nitrogen and oxygen atoms in total. The molecule has 156 valence electrons. The summed E-state index contributed by atoms with van der Waals surface area (Å²) in [5.41, 5.74) is 0. The smallest absolute Gasteiger partial charge is 0.550 e. The third kappa shape index (κ3) is 25.7. The molecule has 0 aliphatic rings. The fourth-order valence-corrected chi connectivity index (χ4v) is 3.57. The molecule has 0 radical (unpaired) electrons. The quantitative estimate of drug-likeness (QED) is 0.372. The molecule has 5 heteroatoms. The molecular formula is C22H42MgO4. The maximum absolute atomic E-state index is 10.2. The Kier molecular flexibility index (Phi) is 27.6. The van der Waals surface area contributed by atoms with Crippen LogP contribution >= 0.6 is 0 Å². The van der Waals surface area contributed by atoms with Crippen LogP contribution in [0.1, 0.15) is 118 Å². The predicted molar refractivity (Wildman–Crippen MR) is 110 cm³/mol. The number of hydrogen-bond donors (Lipinski definition) is 0. The van der Waals surface area contributed by atoms with Gasteiger partial charge in [0, 0.05) is 11.9 Å². The number of hydrogen-bond acceptors (Lipinski definition) is 4. The maximum Gasteiger partial charge on any atom is 2.00 e. The monoisotopic (exact) mass is 394 g/mol. The Bertz CT molecular complexity index is 290. The van der Waals surface area contributed by atoms with Crippen LogP contribution in [0.5, 0.6) is 0 Å². The summed E-state index contributed by atoms with van der Waals surface area (Å²) in [7, 11) is 0. The molecule has 0 aromatic carbocycles. The maximum atomic E-state index is 10.2. The van der Waals surface area contributed by atoms with Crippen molar-refractivity contribution >= 4 is 35.0 Å². The van der Waals surface area contributed by atoms with E-state index in [1.54, 1.807) is 0 Å². The molecule has 0 rings (SSSR count). The molecule has 0 aromatic heterocycles. The van der Waals surface area contributed by atoms with Gasteiger partial charge in [-0.25, -0.2) is 0 Å². The number of carbonyl (C=O) groups excluding carboxylic acids is 2. The van der Waals surface area contributed by atoms with Crippen molar-refractivity contribution < 1.29 is 19.8 Å². The fraction of sp³-hybridized carbons (Fsp3) is 0.909. The van der Waals surface area contributed by atoms with Gasteiger partial charge >= 0.3 is 23.1 Å². The van der Waals surface area contributed by atoms with Gasteiger partial charge in [-0.05, 0) is 37.5 Å². The van der Waals surface area contributed by atoms with E-state index in [-0.39, 0.29) is 35.9 Å². The van der Waals surface area contributed by atoms with Crippen LogP contribution in [0.4, 0.5) is 0 Å². The number of carbonyl (C=O) groups is 2. The number of rotatable bonds is 16. The van der Waals surface area contributed by atoms with E-state index in [1.165, 1.54) is 51.4 Å². The molecule has 0 unspecified atom stereocenters. The van der Waals surface area contributed by atoms with Crippen molar-refractivity contribution in [3.05, 3.63) is 0 Å². The average Bonchev–Trinajstić information content (AvgIpc) is 2.55. The first-order chi connectivity index (χ1) is 12.4. The molecule has 0 aromatic rings. The zero-order chi connectivity index (χ0) is 20.2. The Hall–Kier alpha value is -0.294. The van der Waals surface area contributed by atoms with Gasteiger partial charge < -0.3 is 19.8 Å². The number of carboxylic acid groups (broad SMARTS) is 2. The summed E-state index contributed by atoms with van der Waals surface area (Å²) in [6.45, 7) is 8.73. The number of aliphatic carboxylic acids is 2. The van der Waals surface area contributed by atoms with Gasteiger partial charge in [-0.15, -0.1) is 0 Å². The average molecular weight is 395 g/mol. The van der Waals surface area contributed by atoms with Crippen LogP contribution in [0.2, 0.25) is 0 Å². The summed E-state index contributed by atoms with van der Waals surface area (Å²) in [6, 6.07) is 0. The first kappa shape index (κ1) is 31.4. The third-order valence-corrected chi connectivity index (χ3v) is 4.77. The Labute approximate surface area is 184 Å². The van der Waals surface area contributed by atoms with Crippen LogP contribution in [0, 0.1) is 11.8 Å². The summed E-state index contributed by atoms with van der Waals surface area (Å²) >= 11 is 0. The van der Waals surface area contributed by atoms with Crippen LogP contribution in [-0.4, -0.2) is 35.0 Å². The zero-order valence-corrected chi connectivity index (χ0v) is 19.8. The van der Waals surface area contributed by atoms with Gasteiger partial charge in [-0.2, -0.15) is 0 Å². The Balaban J connectivity index is -0.000000411. The Morgan fingerprint density at radius 3 is 1.04 bits per heavy atom. The SMILES string of the molecule is CCCC(CCC)CCCC(=O)[O-].CCCC(CCC)CCCC(=O)[O-].[Mg+2]. The van der Waals surface area contributed by atoms with E-state index in [1.807, 2.05) is 0 Å². The predicted octanol–water partition coefficient (Wildman–Crippen LogP) is 3.87. The molecule has 0 saturated carbocycles. The minimum absolute atomic E-state index is 0. The van der Waals surface area contributed by atoms with E-state index in [2.05, 4.69) is 27.7 Å². The van der Waals surface area contributed by atoms with Crippen molar-refractivity contribution in [2.45, 2.75) is 118 Å². The second kappa shape index (κ2) is 23.7. The van der Waals surface area contributed by atoms with Crippen LogP contribution in [-0.2, 0) is 9.59 Å². The van der Waals surface area contributed by atoms with Crippen molar-refractivity contribution in [1.29, 1.82) is 0 Å². The van der Waals surface area contributed by atoms with Crippen LogP contribution in [0.15, 0.2) is 0 Å². The van der Waals surface area contributed by atoms with Gasteiger partial charge in [0.25, 0.3) is 0 Å².